The van der Waals surface area contributed by atoms with Gasteiger partial charge in [0.1, 0.15) is 11.3 Å². The van der Waals surface area contributed by atoms with E-state index < -0.39 is 5.97 Å². The van der Waals surface area contributed by atoms with E-state index >= 15 is 0 Å². The SMILES string of the molecule is CCOC(=O)c1cnc2ccc(Cl)cc2c1Nc1ccc(OC)cc1. The Kier molecular flexibility index (Phi) is 5.05. The minimum absolute atomic E-state index is 0.286. The maximum absolute atomic E-state index is 12.3. The van der Waals surface area contributed by atoms with Gasteiger partial charge < -0.3 is 14.8 Å². The van der Waals surface area contributed by atoms with Crippen LogP contribution in [-0.2, 0) is 4.74 Å². The fourth-order valence-corrected chi connectivity index (χ4v) is 2.65. The molecule has 25 heavy (non-hydrogen) atoms. The Labute approximate surface area is 150 Å². The molecule has 0 spiro atoms. The van der Waals surface area contributed by atoms with E-state index in [9.17, 15) is 4.79 Å². The number of fused-ring (bicyclic) bond motifs is 1. The lowest BCUT2D eigenvalue weighted by Gasteiger charge is -2.14. The summed E-state index contributed by atoms with van der Waals surface area (Å²) < 4.78 is 10.3. The molecule has 0 aliphatic carbocycles. The van der Waals surface area contributed by atoms with Crippen molar-refractivity contribution in [3.8, 4) is 5.75 Å². The van der Waals surface area contributed by atoms with Gasteiger partial charge in [-0.25, -0.2) is 4.79 Å². The molecule has 0 saturated carbocycles. The number of halogens is 1. The molecule has 3 rings (SSSR count). The first-order valence-electron chi connectivity index (χ1n) is 7.79. The van der Waals surface area contributed by atoms with E-state index in [0.717, 1.165) is 22.3 Å². The molecule has 3 aromatic rings. The van der Waals surface area contributed by atoms with Crippen molar-refractivity contribution in [3.05, 3.63) is 59.2 Å². The molecule has 2 aromatic carbocycles. The number of carbonyl (C=O) groups excluding carboxylic acids is 1. The summed E-state index contributed by atoms with van der Waals surface area (Å²) in [6, 6.07) is 12.8. The van der Waals surface area contributed by atoms with Crippen LogP contribution in [0.2, 0.25) is 5.02 Å². The fraction of sp³-hybridized carbons (Fsp3) is 0.158. The van der Waals surface area contributed by atoms with Gasteiger partial charge in [0, 0.05) is 22.3 Å². The van der Waals surface area contributed by atoms with Gasteiger partial charge in [-0.1, -0.05) is 11.6 Å². The number of nitrogens with one attached hydrogen (secondary N) is 1. The Bertz CT molecular complexity index is 910. The number of hydrogen-bond donors (Lipinski definition) is 1. The van der Waals surface area contributed by atoms with Gasteiger partial charge in [0.2, 0.25) is 0 Å². The lowest BCUT2D eigenvalue weighted by atomic mass is 10.1. The minimum atomic E-state index is -0.437. The highest BCUT2D eigenvalue weighted by molar-refractivity contribution is 6.31. The normalized spacial score (nSPS) is 10.5. The van der Waals surface area contributed by atoms with Crippen molar-refractivity contribution in [1.82, 2.24) is 4.98 Å². The van der Waals surface area contributed by atoms with Crippen molar-refractivity contribution in [3.63, 3.8) is 0 Å². The van der Waals surface area contributed by atoms with E-state index in [4.69, 9.17) is 21.1 Å². The van der Waals surface area contributed by atoms with Crippen LogP contribution >= 0.6 is 11.6 Å². The number of methoxy groups -OCH3 is 1. The lowest BCUT2D eigenvalue weighted by molar-refractivity contribution is 0.0527. The third-order valence-electron chi connectivity index (χ3n) is 3.68. The van der Waals surface area contributed by atoms with E-state index in [-0.39, 0.29) is 6.61 Å². The summed E-state index contributed by atoms with van der Waals surface area (Å²) in [7, 11) is 1.61. The monoisotopic (exact) mass is 356 g/mol. The van der Waals surface area contributed by atoms with Gasteiger partial charge in [0.05, 0.1) is 24.9 Å². The maximum atomic E-state index is 12.3. The van der Waals surface area contributed by atoms with Crippen molar-refractivity contribution >= 4 is 39.8 Å². The highest BCUT2D eigenvalue weighted by atomic mass is 35.5. The second-order valence-electron chi connectivity index (χ2n) is 5.28. The molecule has 1 aromatic heterocycles. The number of rotatable bonds is 5. The number of esters is 1. The van der Waals surface area contributed by atoms with Gasteiger partial charge in [-0.3, -0.25) is 4.98 Å². The van der Waals surface area contributed by atoms with Crippen LogP contribution in [0.5, 0.6) is 5.75 Å². The molecular weight excluding hydrogens is 340 g/mol. The van der Waals surface area contributed by atoms with Crippen LogP contribution in [0.15, 0.2) is 48.7 Å². The van der Waals surface area contributed by atoms with E-state index in [1.54, 1.807) is 26.2 Å². The molecule has 128 valence electrons. The molecule has 0 fully saturated rings. The zero-order valence-electron chi connectivity index (χ0n) is 13.9. The Hall–Kier alpha value is -2.79. The second kappa shape index (κ2) is 7.40. The van der Waals surface area contributed by atoms with Crippen LogP contribution in [0, 0.1) is 0 Å². The molecular formula is C19H17ClN2O3. The maximum Gasteiger partial charge on any atom is 0.341 e. The Morgan fingerprint density at radius 2 is 1.96 bits per heavy atom. The first-order chi connectivity index (χ1) is 12.1. The van der Waals surface area contributed by atoms with E-state index in [0.29, 0.717) is 16.3 Å². The molecule has 0 aliphatic rings. The summed E-state index contributed by atoms with van der Waals surface area (Å²) in [6.45, 7) is 2.05. The van der Waals surface area contributed by atoms with Crippen LogP contribution in [-0.4, -0.2) is 24.7 Å². The molecule has 6 heteroatoms. The van der Waals surface area contributed by atoms with Gasteiger partial charge in [0.25, 0.3) is 0 Å². The number of ether oxygens (including phenoxy) is 2. The number of aromatic nitrogens is 1. The molecule has 1 heterocycles. The molecule has 0 radical (unpaired) electrons. The van der Waals surface area contributed by atoms with Gasteiger partial charge in [0.15, 0.2) is 0 Å². The molecule has 0 saturated heterocycles. The Balaban J connectivity index is 2.12. The second-order valence-corrected chi connectivity index (χ2v) is 5.72. The van der Waals surface area contributed by atoms with Crippen molar-refractivity contribution in [2.75, 3.05) is 19.0 Å². The summed E-state index contributed by atoms with van der Waals surface area (Å²) in [5.74, 6) is 0.312. The largest absolute Gasteiger partial charge is 0.497 e. The molecule has 1 N–H and O–H groups in total. The Morgan fingerprint density at radius 3 is 2.64 bits per heavy atom. The molecule has 5 nitrogen and oxygen atoms in total. The van der Waals surface area contributed by atoms with Crippen LogP contribution in [0.3, 0.4) is 0 Å². The third kappa shape index (κ3) is 3.67. The molecule has 0 atom stereocenters. The van der Waals surface area contributed by atoms with Crippen LogP contribution < -0.4 is 10.1 Å². The average molecular weight is 357 g/mol. The predicted octanol–water partition coefficient (Wildman–Crippen LogP) is 4.82. The van der Waals surface area contributed by atoms with Crippen molar-refractivity contribution in [1.29, 1.82) is 0 Å². The molecule has 0 aliphatic heterocycles. The summed E-state index contributed by atoms with van der Waals surface area (Å²) in [5.41, 5.74) is 2.50. The zero-order valence-corrected chi connectivity index (χ0v) is 14.6. The minimum Gasteiger partial charge on any atom is -0.497 e. The first-order valence-corrected chi connectivity index (χ1v) is 8.16. The zero-order chi connectivity index (χ0) is 17.8. The predicted molar refractivity (Wildman–Crippen MR) is 99.0 cm³/mol. The van der Waals surface area contributed by atoms with E-state index in [1.807, 2.05) is 30.3 Å². The smallest absolute Gasteiger partial charge is 0.341 e. The molecule has 0 bridgehead atoms. The quantitative estimate of drug-likeness (QED) is 0.664. The summed E-state index contributed by atoms with van der Waals surface area (Å²) in [5, 5.41) is 4.59. The van der Waals surface area contributed by atoms with Crippen molar-refractivity contribution in [2.24, 2.45) is 0 Å². The summed E-state index contributed by atoms with van der Waals surface area (Å²) in [4.78, 5) is 16.7. The average Bonchev–Trinajstić information content (AvgIpc) is 2.63. The number of nitrogens with zero attached hydrogens (tertiary/aromatic N) is 1. The number of hydrogen-bond acceptors (Lipinski definition) is 5. The summed E-state index contributed by atoms with van der Waals surface area (Å²) in [6.07, 6.45) is 1.51. The summed E-state index contributed by atoms with van der Waals surface area (Å²) >= 11 is 6.14. The number of anilines is 2. The molecule has 0 unspecified atom stereocenters. The standard InChI is InChI=1S/C19H17ClN2O3/c1-3-25-19(23)16-11-21-17-9-4-12(20)10-15(17)18(16)22-13-5-7-14(24-2)8-6-13/h4-11H,3H2,1-2H3,(H,21,22). The highest BCUT2D eigenvalue weighted by Gasteiger charge is 2.17. The first kappa shape index (κ1) is 17.0. The number of benzene rings is 2. The van der Waals surface area contributed by atoms with Crippen LogP contribution in [0.25, 0.3) is 10.9 Å². The Morgan fingerprint density at radius 1 is 1.20 bits per heavy atom. The van der Waals surface area contributed by atoms with Crippen LogP contribution in [0.1, 0.15) is 17.3 Å². The van der Waals surface area contributed by atoms with E-state index in [2.05, 4.69) is 10.3 Å². The van der Waals surface area contributed by atoms with Gasteiger partial charge in [-0.15, -0.1) is 0 Å². The third-order valence-corrected chi connectivity index (χ3v) is 3.92. The van der Waals surface area contributed by atoms with Gasteiger partial charge in [-0.2, -0.15) is 0 Å². The lowest BCUT2D eigenvalue weighted by Crippen LogP contribution is -2.09. The molecule has 0 amide bonds. The van der Waals surface area contributed by atoms with Gasteiger partial charge in [-0.05, 0) is 49.4 Å². The highest BCUT2D eigenvalue weighted by Crippen LogP contribution is 2.32. The van der Waals surface area contributed by atoms with Crippen molar-refractivity contribution in [2.45, 2.75) is 6.92 Å². The van der Waals surface area contributed by atoms with E-state index in [1.165, 1.54) is 6.20 Å². The number of carbonyl (C=O) groups is 1. The number of pyridine rings is 1. The van der Waals surface area contributed by atoms with Crippen molar-refractivity contribution < 1.29 is 14.3 Å². The topological polar surface area (TPSA) is 60.5 Å². The fourth-order valence-electron chi connectivity index (χ4n) is 2.48. The van der Waals surface area contributed by atoms with Crippen LogP contribution in [0.4, 0.5) is 11.4 Å². The van der Waals surface area contributed by atoms with Gasteiger partial charge >= 0.3 is 5.97 Å².